The number of carbonyl (C=O) groups is 4. The lowest BCUT2D eigenvalue weighted by molar-refractivity contribution is -0.143. The number of hydrogen-bond donors (Lipinski definition) is 4. The van der Waals surface area contributed by atoms with Gasteiger partial charge in [-0.1, -0.05) is 58.0 Å². The quantitative estimate of drug-likeness (QED) is 0.381. The predicted molar refractivity (Wildman–Crippen MR) is 129 cm³/mol. The maximum Gasteiger partial charge on any atom is 0.326 e. The van der Waals surface area contributed by atoms with Gasteiger partial charge in [0.05, 0.1) is 6.04 Å². The molecule has 0 saturated carbocycles. The van der Waals surface area contributed by atoms with E-state index in [0.29, 0.717) is 25.8 Å². The monoisotopic (exact) mass is 474 g/mol. The van der Waals surface area contributed by atoms with Gasteiger partial charge in [-0.2, -0.15) is 0 Å². The van der Waals surface area contributed by atoms with Gasteiger partial charge in [-0.25, -0.2) is 4.79 Å². The van der Waals surface area contributed by atoms with Crippen LogP contribution in [0.15, 0.2) is 30.3 Å². The van der Waals surface area contributed by atoms with E-state index in [1.54, 1.807) is 24.3 Å². The predicted octanol–water partition coefficient (Wildman–Crippen LogP) is 1.30. The van der Waals surface area contributed by atoms with E-state index >= 15 is 0 Å². The van der Waals surface area contributed by atoms with Gasteiger partial charge in [0, 0.05) is 13.0 Å². The molecule has 1 heterocycles. The van der Waals surface area contributed by atoms with E-state index in [1.165, 1.54) is 4.90 Å². The van der Waals surface area contributed by atoms with Crippen LogP contribution in [0.3, 0.4) is 0 Å². The van der Waals surface area contributed by atoms with Gasteiger partial charge in [0.2, 0.25) is 17.7 Å². The number of nitrogens with two attached hydrogens (primary N) is 1. The minimum Gasteiger partial charge on any atom is -0.480 e. The molecule has 4 atom stereocenters. The molecule has 0 aliphatic carbocycles. The highest BCUT2D eigenvalue weighted by Crippen LogP contribution is 2.20. The van der Waals surface area contributed by atoms with Gasteiger partial charge in [-0.3, -0.25) is 14.4 Å². The molecule has 9 heteroatoms. The zero-order valence-corrected chi connectivity index (χ0v) is 20.5. The molecule has 1 aromatic carbocycles. The zero-order valence-electron chi connectivity index (χ0n) is 20.5. The van der Waals surface area contributed by atoms with Crippen molar-refractivity contribution in [2.24, 2.45) is 17.6 Å². The first-order chi connectivity index (χ1) is 16.0. The molecule has 1 aromatic rings. The molecule has 0 spiro atoms. The number of aliphatic carboxylic acids is 1. The molecule has 188 valence electrons. The fourth-order valence-electron chi connectivity index (χ4n) is 4.07. The number of amides is 3. The van der Waals surface area contributed by atoms with Crippen LogP contribution in [0.25, 0.3) is 0 Å². The Hall–Kier alpha value is -2.94. The topological polar surface area (TPSA) is 142 Å². The summed E-state index contributed by atoms with van der Waals surface area (Å²) in [5.74, 6) is -2.39. The summed E-state index contributed by atoms with van der Waals surface area (Å²) in [6, 6.07) is 5.59. The lowest BCUT2D eigenvalue weighted by Gasteiger charge is -2.30. The van der Waals surface area contributed by atoms with E-state index in [9.17, 15) is 24.3 Å². The summed E-state index contributed by atoms with van der Waals surface area (Å²) in [5.41, 5.74) is 6.80. The van der Waals surface area contributed by atoms with Gasteiger partial charge < -0.3 is 26.4 Å². The molecule has 1 saturated heterocycles. The Morgan fingerprint density at radius 3 is 2.26 bits per heavy atom. The third-order valence-electron chi connectivity index (χ3n) is 6.08. The zero-order chi connectivity index (χ0) is 25.4. The van der Waals surface area contributed by atoms with Crippen LogP contribution in [0.1, 0.15) is 52.5 Å². The average molecular weight is 475 g/mol. The van der Waals surface area contributed by atoms with Gasteiger partial charge in [0.15, 0.2) is 0 Å². The molecule has 1 fully saturated rings. The average Bonchev–Trinajstić information content (AvgIpc) is 3.27. The van der Waals surface area contributed by atoms with Crippen molar-refractivity contribution in [2.45, 2.75) is 77.5 Å². The first kappa shape index (κ1) is 27.3. The van der Waals surface area contributed by atoms with Crippen molar-refractivity contribution in [3.05, 3.63) is 35.9 Å². The lowest BCUT2D eigenvalue weighted by Crippen LogP contribution is -2.57. The number of nitrogens with one attached hydrogen (secondary N) is 2. The van der Waals surface area contributed by atoms with Crippen LogP contribution < -0.4 is 16.4 Å². The van der Waals surface area contributed by atoms with Crippen LogP contribution in [-0.2, 0) is 25.6 Å². The lowest BCUT2D eigenvalue weighted by atomic mass is 10.0. The van der Waals surface area contributed by atoms with Crippen LogP contribution >= 0.6 is 0 Å². The Morgan fingerprint density at radius 1 is 1.06 bits per heavy atom. The van der Waals surface area contributed by atoms with Crippen molar-refractivity contribution in [3.8, 4) is 0 Å². The second-order valence-corrected chi connectivity index (χ2v) is 9.74. The molecular weight excluding hydrogens is 436 g/mol. The minimum absolute atomic E-state index is 0.0613. The molecule has 1 aliphatic rings. The van der Waals surface area contributed by atoms with Crippen LogP contribution in [0.4, 0.5) is 0 Å². The Labute approximate surface area is 201 Å². The van der Waals surface area contributed by atoms with Crippen LogP contribution in [0.2, 0.25) is 0 Å². The summed E-state index contributed by atoms with van der Waals surface area (Å²) in [7, 11) is 0. The highest BCUT2D eigenvalue weighted by Gasteiger charge is 2.38. The van der Waals surface area contributed by atoms with Crippen LogP contribution in [0.5, 0.6) is 0 Å². The molecule has 0 aromatic heterocycles. The first-order valence-electron chi connectivity index (χ1n) is 11.9. The molecule has 5 N–H and O–H groups in total. The standard InChI is InChI=1S/C25H38N4O5/c1-15(2)13-18(22(30)28-19(25(33)34)14-17-9-6-5-7-10-17)27-23(31)20-11-8-12-29(20)24(32)21(26)16(3)4/h5-7,9-10,15-16,18-21H,8,11-14,26H2,1-4H3,(H,27,31)(H,28,30)(H,33,34)/t18-,19-,20-,21-/m0/s1. The number of benzene rings is 1. The van der Waals surface area contributed by atoms with E-state index < -0.39 is 42.0 Å². The second-order valence-electron chi connectivity index (χ2n) is 9.74. The summed E-state index contributed by atoms with van der Waals surface area (Å²) in [6.07, 6.45) is 1.63. The van der Waals surface area contributed by atoms with Crippen molar-refractivity contribution in [1.82, 2.24) is 15.5 Å². The van der Waals surface area contributed by atoms with Gasteiger partial charge >= 0.3 is 5.97 Å². The van der Waals surface area contributed by atoms with Crippen molar-refractivity contribution >= 4 is 23.7 Å². The van der Waals surface area contributed by atoms with Crippen LogP contribution in [-0.4, -0.2) is 64.4 Å². The van der Waals surface area contributed by atoms with Crippen LogP contribution in [0, 0.1) is 11.8 Å². The Kier molecular flexibility index (Phi) is 10.0. The number of likely N-dealkylation sites (tertiary alicyclic amines) is 1. The molecule has 9 nitrogen and oxygen atoms in total. The number of rotatable bonds is 11. The molecule has 34 heavy (non-hydrogen) atoms. The second kappa shape index (κ2) is 12.5. The van der Waals surface area contributed by atoms with E-state index in [0.717, 1.165) is 5.56 Å². The number of carboxylic acids is 1. The van der Waals surface area contributed by atoms with E-state index in [4.69, 9.17) is 5.73 Å². The largest absolute Gasteiger partial charge is 0.480 e. The minimum atomic E-state index is -1.15. The van der Waals surface area contributed by atoms with Crippen molar-refractivity contribution in [2.75, 3.05) is 6.54 Å². The van der Waals surface area contributed by atoms with Crippen molar-refractivity contribution < 1.29 is 24.3 Å². The summed E-state index contributed by atoms with van der Waals surface area (Å²) < 4.78 is 0. The third kappa shape index (κ3) is 7.55. The number of carboxylic acid groups (broad SMARTS) is 1. The fraction of sp³-hybridized carbons (Fsp3) is 0.600. The van der Waals surface area contributed by atoms with E-state index in [2.05, 4.69) is 10.6 Å². The Balaban J connectivity index is 2.11. The summed E-state index contributed by atoms with van der Waals surface area (Å²) in [4.78, 5) is 52.2. The molecule has 2 rings (SSSR count). The van der Waals surface area contributed by atoms with Gasteiger partial charge in [0.1, 0.15) is 18.1 Å². The molecular formula is C25H38N4O5. The van der Waals surface area contributed by atoms with Crippen molar-refractivity contribution in [1.29, 1.82) is 0 Å². The van der Waals surface area contributed by atoms with Gasteiger partial charge in [-0.15, -0.1) is 0 Å². The molecule has 0 unspecified atom stereocenters. The fourth-order valence-corrected chi connectivity index (χ4v) is 4.07. The maximum atomic E-state index is 13.1. The third-order valence-corrected chi connectivity index (χ3v) is 6.08. The smallest absolute Gasteiger partial charge is 0.326 e. The Morgan fingerprint density at radius 2 is 1.71 bits per heavy atom. The molecule has 3 amide bonds. The van der Waals surface area contributed by atoms with Crippen molar-refractivity contribution in [3.63, 3.8) is 0 Å². The van der Waals surface area contributed by atoms with E-state index in [-0.39, 0.29) is 24.2 Å². The number of nitrogens with zero attached hydrogens (tertiary/aromatic N) is 1. The normalized spacial score (nSPS) is 18.4. The summed E-state index contributed by atoms with van der Waals surface area (Å²) in [5, 5.41) is 15.0. The summed E-state index contributed by atoms with van der Waals surface area (Å²) >= 11 is 0. The van der Waals surface area contributed by atoms with E-state index in [1.807, 2.05) is 33.8 Å². The highest BCUT2D eigenvalue weighted by atomic mass is 16.4. The highest BCUT2D eigenvalue weighted by molar-refractivity contribution is 5.94. The van der Waals surface area contributed by atoms with Gasteiger partial charge in [-0.05, 0) is 36.7 Å². The summed E-state index contributed by atoms with van der Waals surface area (Å²) in [6.45, 7) is 7.98. The Bertz CT molecular complexity index is 858. The molecule has 1 aliphatic heterocycles. The molecule has 0 radical (unpaired) electrons. The SMILES string of the molecule is CC(C)C[C@H](NC(=O)[C@@H]1CCCN1C(=O)[C@@H](N)C(C)C)C(=O)N[C@@H](Cc1ccccc1)C(=O)O. The van der Waals surface area contributed by atoms with Gasteiger partial charge in [0.25, 0.3) is 0 Å². The molecule has 0 bridgehead atoms. The maximum absolute atomic E-state index is 13.1. The number of carbonyl (C=O) groups excluding carboxylic acids is 3. The number of hydrogen-bond acceptors (Lipinski definition) is 5. The first-order valence-corrected chi connectivity index (χ1v) is 11.9.